The van der Waals surface area contributed by atoms with Crippen LogP contribution in [0, 0.1) is 5.92 Å². The third kappa shape index (κ3) is 4.53. The molecule has 142 valence electrons. The summed E-state index contributed by atoms with van der Waals surface area (Å²) in [5.41, 5.74) is 6.62. The van der Waals surface area contributed by atoms with Crippen molar-refractivity contribution >= 4 is 34.7 Å². The number of carbonyl (C=O) groups is 1. The van der Waals surface area contributed by atoms with E-state index in [0.29, 0.717) is 40.7 Å². The van der Waals surface area contributed by atoms with Gasteiger partial charge in [0.15, 0.2) is 5.65 Å². The van der Waals surface area contributed by atoms with Gasteiger partial charge in [-0.2, -0.15) is 0 Å². The van der Waals surface area contributed by atoms with Crippen LogP contribution < -0.4 is 15.8 Å². The number of nitrogen functional groups attached to an aromatic ring is 1. The minimum absolute atomic E-state index is 0.119. The van der Waals surface area contributed by atoms with E-state index in [1.807, 2.05) is 7.05 Å². The lowest BCUT2D eigenvalue weighted by molar-refractivity contribution is -0.108. The molecule has 3 rings (SSSR count). The summed E-state index contributed by atoms with van der Waals surface area (Å²) >= 11 is 6.02. The molecule has 0 aliphatic heterocycles. The predicted molar refractivity (Wildman–Crippen MR) is 104 cm³/mol. The average Bonchev–Trinajstić information content (AvgIpc) is 2.98. The minimum Gasteiger partial charge on any atom is -0.437 e. The van der Waals surface area contributed by atoms with Crippen LogP contribution in [0.1, 0.15) is 12.8 Å². The van der Waals surface area contributed by atoms with E-state index in [1.165, 1.54) is 6.33 Å². The zero-order valence-corrected chi connectivity index (χ0v) is 15.7. The van der Waals surface area contributed by atoms with E-state index >= 15 is 0 Å². The van der Waals surface area contributed by atoms with E-state index in [9.17, 15) is 4.79 Å². The van der Waals surface area contributed by atoms with E-state index in [1.54, 1.807) is 28.9 Å². The van der Waals surface area contributed by atoms with Gasteiger partial charge in [-0.3, -0.25) is 0 Å². The van der Waals surface area contributed by atoms with Gasteiger partial charge in [0.1, 0.15) is 29.6 Å². The van der Waals surface area contributed by atoms with Crippen molar-refractivity contribution in [2.45, 2.75) is 19.4 Å². The molecule has 1 unspecified atom stereocenters. The molecular weight excluding hydrogens is 368 g/mol. The molecule has 9 heteroatoms. The molecule has 3 aromatic rings. The van der Waals surface area contributed by atoms with Crippen molar-refractivity contribution < 1.29 is 9.53 Å². The second-order valence-electron chi connectivity index (χ2n) is 6.16. The van der Waals surface area contributed by atoms with Crippen LogP contribution in [0.25, 0.3) is 11.0 Å². The smallest absolute Gasteiger partial charge is 0.251 e. The maximum atomic E-state index is 11.0. The van der Waals surface area contributed by atoms with Crippen molar-refractivity contribution in [1.82, 2.24) is 25.1 Å². The standard InChI is InChI=1S/C18H21ClN6O2/c1-21-7-5-12(6-8-26)10-25-17-15(16(20)22-11-23-17)18(24-25)27-14-4-2-3-13(19)9-14/h2-4,8-9,11-12,21H,5-7,10H2,1H3,(H2,20,22,23). The molecule has 0 amide bonds. The zero-order chi connectivity index (χ0) is 19.2. The van der Waals surface area contributed by atoms with Crippen LogP contribution in [0.2, 0.25) is 5.02 Å². The number of rotatable bonds is 9. The number of aldehydes is 1. The second kappa shape index (κ2) is 8.79. The summed E-state index contributed by atoms with van der Waals surface area (Å²) in [7, 11) is 1.88. The molecule has 27 heavy (non-hydrogen) atoms. The highest BCUT2D eigenvalue weighted by Crippen LogP contribution is 2.32. The van der Waals surface area contributed by atoms with Crippen LogP contribution in [0.5, 0.6) is 11.6 Å². The van der Waals surface area contributed by atoms with Crippen molar-refractivity contribution in [2.24, 2.45) is 5.92 Å². The van der Waals surface area contributed by atoms with Crippen LogP contribution >= 0.6 is 11.6 Å². The van der Waals surface area contributed by atoms with Crippen molar-refractivity contribution in [2.75, 3.05) is 19.3 Å². The molecule has 0 aliphatic carbocycles. The number of benzene rings is 1. The maximum absolute atomic E-state index is 11.0. The number of carbonyl (C=O) groups excluding carboxylic acids is 1. The molecule has 0 aliphatic rings. The van der Waals surface area contributed by atoms with Gasteiger partial charge in [0.2, 0.25) is 0 Å². The molecule has 0 spiro atoms. The summed E-state index contributed by atoms with van der Waals surface area (Å²) in [4.78, 5) is 19.4. The van der Waals surface area contributed by atoms with Crippen molar-refractivity contribution in [3.05, 3.63) is 35.6 Å². The molecule has 0 saturated heterocycles. The highest BCUT2D eigenvalue weighted by atomic mass is 35.5. The number of anilines is 1. The number of nitrogens with two attached hydrogens (primary N) is 1. The molecule has 0 bridgehead atoms. The lowest BCUT2D eigenvalue weighted by atomic mass is 10.0. The van der Waals surface area contributed by atoms with Crippen molar-refractivity contribution in [3.8, 4) is 11.6 Å². The zero-order valence-electron chi connectivity index (χ0n) is 14.9. The topological polar surface area (TPSA) is 108 Å². The van der Waals surface area contributed by atoms with Gasteiger partial charge in [-0.25, -0.2) is 14.6 Å². The van der Waals surface area contributed by atoms with Crippen LogP contribution in [0.3, 0.4) is 0 Å². The lowest BCUT2D eigenvalue weighted by Gasteiger charge is -2.14. The maximum Gasteiger partial charge on any atom is 0.251 e. The monoisotopic (exact) mass is 388 g/mol. The van der Waals surface area contributed by atoms with Gasteiger partial charge in [0.25, 0.3) is 5.88 Å². The molecular formula is C18H21ClN6O2. The molecule has 8 nitrogen and oxygen atoms in total. The number of fused-ring (bicyclic) bond motifs is 1. The molecule has 2 aromatic heterocycles. The fourth-order valence-corrected chi connectivity index (χ4v) is 3.03. The fraction of sp³-hybridized carbons (Fsp3) is 0.333. The largest absolute Gasteiger partial charge is 0.437 e. The number of aromatic nitrogens is 4. The first kappa shape index (κ1) is 19.1. The second-order valence-corrected chi connectivity index (χ2v) is 6.60. The highest BCUT2D eigenvalue weighted by molar-refractivity contribution is 6.30. The fourth-order valence-electron chi connectivity index (χ4n) is 2.85. The van der Waals surface area contributed by atoms with Crippen LogP contribution in [-0.2, 0) is 11.3 Å². The molecule has 0 saturated carbocycles. The third-order valence-electron chi connectivity index (χ3n) is 4.20. The van der Waals surface area contributed by atoms with E-state index in [-0.39, 0.29) is 11.7 Å². The molecule has 2 heterocycles. The van der Waals surface area contributed by atoms with Gasteiger partial charge in [0.05, 0.1) is 0 Å². The van der Waals surface area contributed by atoms with E-state index in [2.05, 4.69) is 20.4 Å². The Balaban J connectivity index is 1.96. The quantitative estimate of drug-likeness (QED) is 0.542. The normalized spacial score (nSPS) is 12.2. The van der Waals surface area contributed by atoms with E-state index in [4.69, 9.17) is 22.1 Å². The average molecular weight is 389 g/mol. The number of hydrogen-bond donors (Lipinski definition) is 2. The first-order chi connectivity index (χ1) is 13.1. The van der Waals surface area contributed by atoms with E-state index in [0.717, 1.165) is 19.3 Å². The third-order valence-corrected chi connectivity index (χ3v) is 4.44. The molecule has 1 aromatic carbocycles. The Morgan fingerprint density at radius 3 is 3.00 bits per heavy atom. The molecule has 0 fully saturated rings. The van der Waals surface area contributed by atoms with E-state index < -0.39 is 0 Å². The first-order valence-electron chi connectivity index (χ1n) is 8.61. The summed E-state index contributed by atoms with van der Waals surface area (Å²) < 4.78 is 7.62. The summed E-state index contributed by atoms with van der Waals surface area (Å²) in [5.74, 6) is 1.25. The van der Waals surface area contributed by atoms with Gasteiger partial charge < -0.3 is 20.6 Å². The Bertz CT molecular complexity index is 929. The number of nitrogens with zero attached hydrogens (tertiary/aromatic N) is 4. The minimum atomic E-state index is 0.119. The highest BCUT2D eigenvalue weighted by Gasteiger charge is 2.20. The Kier molecular flexibility index (Phi) is 6.20. The molecule has 1 atom stereocenters. The summed E-state index contributed by atoms with van der Waals surface area (Å²) in [6.07, 6.45) is 3.59. The summed E-state index contributed by atoms with van der Waals surface area (Å²) in [6.45, 7) is 1.33. The van der Waals surface area contributed by atoms with Crippen molar-refractivity contribution in [1.29, 1.82) is 0 Å². The first-order valence-corrected chi connectivity index (χ1v) is 8.98. The number of nitrogens with one attached hydrogen (secondary N) is 1. The van der Waals surface area contributed by atoms with Gasteiger partial charge in [-0.15, -0.1) is 5.10 Å². The van der Waals surface area contributed by atoms with Gasteiger partial charge in [-0.05, 0) is 44.1 Å². The van der Waals surface area contributed by atoms with Gasteiger partial charge in [0, 0.05) is 18.0 Å². The Morgan fingerprint density at radius 2 is 2.26 bits per heavy atom. The van der Waals surface area contributed by atoms with Crippen LogP contribution in [0.15, 0.2) is 30.6 Å². The number of hydrogen-bond acceptors (Lipinski definition) is 7. The summed E-state index contributed by atoms with van der Waals surface area (Å²) in [6, 6.07) is 7.01. The lowest BCUT2D eigenvalue weighted by Crippen LogP contribution is -2.19. The van der Waals surface area contributed by atoms with Gasteiger partial charge in [-0.1, -0.05) is 17.7 Å². The van der Waals surface area contributed by atoms with Crippen LogP contribution in [0.4, 0.5) is 5.82 Å². The van der Waals surface area contributed by atoms with Crippen molar-refractivity contribution in [3.63, 3.8) is 0 Å². The molecule has 0 radical (unpaired) electrons. The Labute approximate surface area is 161 Å². The predicted octanol–water partition coefficient (Wildman–Crippen LogP) is 2.67. The Hall–Kier alpha value is -2.71. The van der Waals surface area contributed by atoms with Gasteiger partial charge >= 0.3 is 0 Å². The van der Waals surface area contributed by atoms with Crippen LogP contribution in [-0.4, -0.2) is 39.6 Å². The SMILES string of the molecule is CNCCC(CC=O)Cn1nc(Oc2cccc(Cl)c2)c2c(N)ncnc21. The summed E-state index contributed by atoms with van der Waals surface area (Å²) in [5, 5.41) is 8.73. The molecule has 3 N–H and O–H groups in total. The number of halogens is 1. The number of ether oxygens (including phenoxy) is 1. The Morgan fingerprint density at radius 1 is 1.41 bits per heavy atom.